The standard InChI is InChI=1S/C14H24F2N2O3/c1-11(2,3)21-10(19)18-6-4-5-13(20,9-18)12(17)7-14(15,16)8-12/h20H,4-9,17H2,1-3H3. The Hall–Kier alpha value is -0.950. The lowest BCUT2D eigenvalue weighted by atomic mass is 9.61. The van der Waals surface area contributed by atoms with Crippen LogP contribution < -0.4 is 5.73 Å². The number of carbonyl (C=O) groups is 1. The zero-order valence-corrected chi connectivity index (χ0v) is 12.8. The zero-order chi connectivity index (χ0) is 16.1. The van der Waals surface area contributed by atoms with Crippen LogP contribution >= 0.6 is 0 Å². The van der Waals surface area contributed by atoms with Crippen LogP contribution in [0.15, 0.2) is 0 Å². The van der Waals surface area contributed by atoms with Crippen LogP contribution in [-0.4, -0.2) is 51.9 Å². The zero-order valence-electron chi connectivity index (χ0n) is 12.8. The number of likely N-dealkylation sites (tertiary alicyclic amines) is 1. The van der Waals surface area contributed by atoms with Gasteiger partial charge in [0.05, 0.1) is 12.1 Å². The number of aliphatic hydroxyl groups is 1. The number of alkyl halides is 2. The molecule has 1 unspecified atom stereocenters. The second-order valence-electron chi connectivity index (χ2n) is 7.40. The first-order valence-electron chi connectivity index (χ1n) is 7.23. The van der Waals surface area contributed by atoms with Gasteiger partial charge in [-0.1, -0.05) is 0 Å². The molecule has 2 fully saturated rings. The smallest absolute Gasteiger partial charge is 0.410 e. The molecule has 0 aromatic heterocycles. The summed E-state index contributed by atoms with van der Waals surface area (Å²) in [7, 11) is 0. The molecule has 1 aliphatic heterocycles. The maximum atomic E-state index is 13.1. The van der Waals surface area contributed by atoms with Crippen molar-refractivity contribution < 1.29 is 23.4 Å². The summed E-state index contributed by atoms with van der Waals surface area (Å²) in [5, 5.41) is 10.7. The highest BCUT2D eigenvalue weighted by Crippen LogP contribution is 2.51. The van der Waals surface area contributed by atoms with Crippen molar-refractivity contribution in [2.75, 3.05) is 13.1 Å². The first kappa shape index (κ1) is 16.4. The van der Waals surface area contributed by atoms with Gasteiger partial charge in [-0.2, -0.15) is 0 Å². The molecule has 122 valence electrons. The van der Waals surface area contributed by atoms with Crippen LogP contribution in [0.3, 0.4) is 0 Å². The van der Waals surface area contributed by atoms with Gasteiger partial charge in [0.25, 0.3) is 5.92 Å². The second kappa shape index (κ2) is 4.78. The lowest BCUT2D eigenvalue weighted by Gasteiger charge is -2.56. The topological polar surface area (TPSA) is 75.8 Å². The van der Waals surface area contributed by atoms with Gasteiger partial charge in [0.2, 0.25) is 0 Å². The number of hydrogen-bond donors (Lipinski definition) is 2. The monoisotopic (exact) mass is 306 g/mol. The number of halogens is 2. The Balaban J connectivity index is 2.05. The van der Waals surface area contributed by atoms with Crippen molar-refractivity contribution in [2.45, 2.75) is 69.1 Å². The number of piperidine rings is 1. The first-order chi connectivity index (χ1) is 9.36. The summed E-state index contributed by atoms with van der Waals surface area (Å²) in [6.45, 7) is 5.62. The molecule has 2 aliphatic rings. The van der Waals surface area contributed by atoms with E-state index in [2.05, 4.69) is 0 Å². The van der Waals surface area contributed by atoms with Crippen LogP contribution in [0.4, 0.5) is 13.6 Å². The first-order valence-corrected chi connectivity index (χ1v) is 7.23. The molecule has 0 aromatic rings. The molecule has 7 heteroatoms. The van der Waals surface area contributed by atoms with E-state index in [0.29, 0.717) is 19.4 Å². The van der Waals surface area contributed by atoms with Gasteiger partial charge in [0.1, 0.15) is 11.2 Å². The van der Waals surface area contributed by atoms with Crippen molar-refractivity contribution in [1.29, 1.82) is 0 Å². The molecular formula is C14H24F2N2O3. The fourth-order valence-corrected chi connectivity index (χ4v) is 3.13. The summed E-state index contributed by atoms with van der Waals surface area (Å²) in [5.41, 5.74) is 2.51. The fraction of sp³-hybridized carbons (Fsp3) is 0.929. The van der Waals surface area contributed by atoms with Crippen molar-refractivity contribution >= 4 is 6.09 Å². The van der Waals surface area contributed by atoms with E-state index < -0.39 is 41.6 Å². The molecule has 0 bridgehead atoms. The summed E-state index contributed by atoms with van der Waals surface area (Å²) < 4.78 is 31.5. The third kappa shape index (κ3) is 3.29. The predicted octanol–water partition coefficient (Wildman–Crippen LogP) is 1.88. The van der Waals surface area contributed by atoms with E-state index in [0.717, 1.165) is 0 Å². The van der Waals surface area contributed by atoms with Crippen LogP contribution in [0.25, 0.3) is 0 Å². The van der Waals surface area contributed by atoms with Crippen LogP contribution in [0.2, 0.25) is 0 Å². The molecule has 1 aliphatic carbocycles. The molecule has 3 N–H and O–H groups in total. The number of carbonyl (C=O) groups excluding carboxylic acids is 1. The molecule has 1 heterocycles. The van der Waals surface area contributed by atoms with Gasteiger partial charge in [0.15, 0.2) is 0 Å². The average molecular weight is 306 g/mol. The van der Waals surface area contributed by atoms with E-state index in [9.17, 15) is 18.7 Å². The number of nitrogens with zero attached hydrogens (tertiary/aromatic N) is 1. The van der Waals surface area contributed by atoms with Crippen LogP contribution in [-0.2, 0) is 4.74 Å². The van der Waals surface area contributed by atoms with Gasteiger partial charge >= 0.3 is 6.09 Å². The highest BCUT2D eigenvalue weighted by Gasteiger charge is 2.64. The molecule has 1 saturated carbocycles. The van der Waals surface area contributed by atoms with E-state index in [1.54, 1.807) is 20.8 Å². The van der Waals surface area contributed by atoms with Crippen molar-refractivity contribution in [3.05, 3.63) is 0 Å². The van der Waals surface area contributed by atoms with E-state index >= 15 is 0 Å². The molecule has 21 heavy (non-hydrogen) atoms. The number of β-amino-alcohol motifs (C(OH)–C–C–N with tert-alkyl or cyclic N) is 1. The van der Waals surface area contributed by atoms with E-state index in [1.165, 1.54) is 4.90 Å². The summed E-state index contributed by atoms with van der Waals surface area (Å²) in [6, 6.07) is 0. The minimum absolute atomic E-state index is 0.0610. The second-order valence-corrected chi connectivity index (χ2v) is 7.40. The maximum absolute atomic E-state index is 13.1. The quantitative estimate of drug-likeness (QED) is 0.775. The van der Waals surface area contributed by atoms with Gasteiger partial charge in [-0.25, -0.2) is 13.6 Å². The molecule has 0 spiro atoms. The third-order valence-electron chi connectivity index (χ3n) is 4.20. The summed E-state index contributed by atoms with van der Waals surface area (Å²) in [5.74, 6) is -2.82. The Morgan fingerprint density at radius 3 is 2.38 bits per heavy atom. The van der Waals surface area contributed by atoms with E-state index in [1.807, 2.05) is 0 Å². The normalized spacial score (nSPS) is 31.5. The Labute approximate surface area is 123 Å². The molecule has 0 radical (unpaired) electrons. The fourth-order valence-electron chi connectivity index (χ4n) is 3.13. The minimum atomic E-state index is -2.82. The predicted molar refractivity (Wildman–Crippen MR) is 73.1 cm³/mol. The number of amides is 1. The average Bonchev–Trinajstić information content (AvgIpc) is 2.23. The van der Waals surface area contributed by atoms with Crippen molar-refractivity contribution in [3.8, 4) is 0 Å². The van der Waals surface area contributed by atoms with Gasteiger partial charge in [-0.05, 0) is 33.6 Å². The number of hydrogen-bond acceptors (Lipinski definition) is 4. The Morgan fingerprint density at radius 1 is 1.33 bits per heavy atom. The summed E-state index contributed by atoms with van der Waals surface area (Å²) >= 11 is 0. The molecule has 1 saturated heterocycles. The Morgan fingerprint density at radius 2 is 1.90 bits per heavy atom. The van der Waals surface area contributed by atoms with E-state index in [-0.39, 0.29) is 6.54 Å². The van der Waals surface area contributed by atoms with Gasteiger partial charge in [0, 0.05) is 19.4 Å². The highest BCUT2D eigenvalue weighted by atomic mass is 19.3. The highest BCUT2D eigenvalue weighted by molar-refractivity contribution is 5.68. The molecular weight excluding hydrogens is 282 g/mol. The summed E-state index contributed by atoms with van der Waals surface area (Å²) in [4.78, 5) is 13.4. The van der Waals surface area contributed by atoms with Gasteiger partial charge in [-0.3, -0.25) is 0 Å². The lowest BCUT2D eigenvalue weighted by Crippen LogP contribution is -2.75. The van der Waals surface area contributed by atoms with Crippen LogP contribution in [0.5, 0.6) is 0 Å². The third-order valence-corrected chi connectivity index (χ3v) is 4.20. The number of ether oxygens (including phenoxy) is 1. The van der Waals surface area contributed by atoms with Crippen LogP contribution in [0.1, 0.15) is 46.5 Å². The molecule has 5 nitrogen and oxygen atoms in total. The summed E-state index contributed by atoms with van der Waals surface area (Å²) in [6.07, 6.45) is -0.800. The van der Waals surface area contributed by atoms with Crippen molar-refractivity contribution in [2.24, 2.45) is 5.73 Å². The number of nitrogens with two attached hydrogens (primary N) is 1. The lowest BCUT2D eigenvalue weighted by molar-refractivity contribution is -0.202. The van der Waals surface area contributed by atoms with Gasteiger partial charge in [-0.15, -0.1) is 0 Å². The van der Waals surface area contributed by atoms with Crippen molar-refractivity contribution in [3.63, 3.8) is 0 Å². The molecule has 1 amide bonds. The largest absolute Gasteiger partial charge is 0.444 e. The van der Waals surface area contributed by atoms with Gasteiger partial charge < -0.3 is 20.5 Å². The minimum Gasteiger partial charge on any atom is -0.444 e. The molecule has 2 rings (SSSR count). The van der Waals surface area contributed by atoms with Crippen LogP contribution in [0, 0.1) is 0 Å². The van der Waals surface area contributed by atoms with E-state index in [4.69, 9.17) is 10.5 Å². The SMILES string of the molecule is CC(C)(C)OC(=O)N1CCCC(O)(C2(N)CC(F)(F)C2)C1. The van der Waals surface area contributed by atoms with Crippen molar-refractivity contribution in [1.82, 2.24) is 4.90 Å². The number of rotatable bonds is 1. The molecule has 1 atom stereocenters. The maximum Gasteiger partial charge on any atom is 0.410 e. The Kier molecular flexibility index (Phi) is 3.73. The Bertz CT molecular complexity index is 428. The molecule has 0 aromatic carbocycles.